The summed E-state index contributed by atoms with van der Waals surface area (Å²) in [7, 11) is 1.74. The lowest BCUT2D eigenvalue weighted by molar-refractivity contribution is 0.00329. The fourth-order valence-electron chi connectivity index (χ4n) is 3.62. The predicted molar refractivity (Wildman–Crippen MR) is 110 cm³/mol. The zero-order chi connectivity index (χ0) is 20.5. The molecule has 0 spiro atoms. The monoisotopic (exact) mass is 383 g/mol. The molecule has 150 valence electrons. The largest absolute Gasteiger partial charge is 0.446 e. The van der Waals surface area contributed by atoms with Gasteiger partial charge in [0.05, 0.1) is 6.04 Å². The first-order valence-electron chi connectivity index (χ1n) is 9.67. The van der Waals surface area contributed by atoms with Gasteiger partial charge in [0, 0.05) is 44.2 Å². The second kappa shape index (κ2) is 7.80. The van der Waals surface area contributed by atoms with Crippen LogP contribution in [0.3, 0.4) is 0 Å². The first-order valence-corrected chi connectivity index (χ1v) is 9.67. The molecule has 1 amide bonds. The Morgan fingerprint density at radius 1 is 1.14 bits per heavy atom. The van der Waals surface area contributed by atoms with Crippen LogP contribution in [-0.4, -0.2) is 33.7 Å². The molecule has 1 aliphatic heterocycles. The Hall–Kier alpha value is -2.60. The van der Waals surface area contributed by atoms with Gasteiger partial charge < -0.3 is 19.9 Å². The quantitative estimate of drug-likeness (QED) is 0.858. The minimum Gasteiger partial charge on any atom is -0.446 e. The normalized spacial score (nSPS) is 18.7. The first-order chi connectivity index (χ1) is 13.1. The number of aryl methyl sites for hydroxylation is 1. The Balaban J connectivity index is 1.69. The Morgan fingerprint density at radius 3 is 2.36 bits per heavy atom. The molecule has 2 heterocycles. The molecule has 2 aromatic rings. The first kappa shape index (κ1) is 20.1. The number of pyridine rings is 1. The van der Waals surface area contributed by atoms with Crippen LogP contribution in [0.25, 0.3) is 11.1 Å². The maximum absolute atomic E-state index is 12.5. The number of cyclic esters (lactones) is 1. The molecule has 1 fully saturated rings. The van der Waals surface area contributed by atoms with Crippen LogP contribution in [0, 0.1) is 0 Å². The van der Waals surface area contributed by atoms with Gasteiger partial charge in [0.2, 0.25) is 5.56 Å². The molecule has 2 atom stereocenters. The fraction of sp³-hybridized carbons (Fsp3) is 0.455. The van der Waals surface area contributed by atoms with Gasteiger partial charge in [-0.05, 0) is 43.5 Å². The molecule has 28 heavy (non-hydrogen) atoms. The van der Waals surface area contributed by atoms with Crippen molar-refractivity contribution in [1.82, 2.24) is 9.47 Å². The zero-order valence-corrected chi connectivity index (χ0v) is 17.0. The minimum atomic E-state index is -0.352. The molecule has 0 bridgehead atoms. The van der Waals surface area contributed by atoms with Crippen LogP contribution >= 0.6 is 0 Å². The van der Waals surface area contributed by atoms with Crippen molar-refractivity contribution < 1.29 is 9.53 Å². The molecule has 6 nitrogen and oxygen atoms in total. The molecule has 3 rings (SSSR count). The fourth-order valence-corrected chi connectivity index (χ4v) is 3.62. The van der Waals surface area contributed by atoms with Gasteiger partial charge >= 0.3 is 6.09 Å². The van der Waals surface area contributed by atoms with Gasteiger partial charge in [0.25, 0.3) is 0 Å². The number of hydrogen-bond acceptors (Lipinski definition) is 4. The van der Waals surface area contributed by atoms with Crippen molar-refractivity contribution in [2.45, 2.75) is 51.3 Å². The van der Waals surface area contributed by atoms with E-state index in [0.29, 0.717) is 13.0 Å². The van der Waals surface area contributed by atoms with E-state index in [1.54, 1.807) is 22.6 Å². The standard InChI is InChI=1S/C22H29N3O3/c1-15(25-12-11-19(28-21(25)27)13-22(2,3)23)16-5-7-17(8-6-16)18-9-10-20(26)24(4)14-18/h5-10,14-15,19H,11-13,23H2,1-4H3. The molecule has 0 radical (unpaired) electrons. The molecule has 1 saturated heterocycles. The van der Waals surface area contributed by atoms with E-state index >= 15 is 0 Å². The Labute approximate surface area is 165 Å². The summed E-state index contributed by atoms with van der Waals surface area (Å²) in [6.45, 7) is 6.56. The summed E-state index contributed by atoms with van der Waals surface area (Å²) >= 11 is 0. The van der Waals surface area contributed by atoms with Crippen molar-refractivity contribution in [3.05, 3.63) is 58.5 Å². The van der Waals surface area contributed by atoms with Crippen molar-refractivity contribution in [1.29, 1.82) is 0 Å². The lowest BCUT2D eigenvalue weighted by Crippen LogP contribution is -2.46. The van der Waals surface area contributed by atoms with E-state index in [0.717, 1.165) is 23.1 Å². The number of carbonyl (C=O) groups excluding carboxylic acids is 1. The van der Waals surface area contributed by atoms with Crippen LogP contribution in [0.4, 0.5) is 4.79 Å². The number of nitrogens with two attached hydrogens (primary N) is 1. The van der Waals surface area contributed by atoms with E-state index in [9.17, 15) is 9.59 Å². The number of aromatic nitrogens is 1. The van der Waals surface area contributed by atoms with Gasteiger partial charge in [0.15, 0.2) is 0 Å². The van der Waals surface area contributed by atoms with Gasteiger partial charge in [-0.25, -0.2) is 4.79 Å². The molecular formula is C22H29N3O3. The van der Waals surface area contributed by atoms with E-state index in [4.69, 9.17) is 10.5 Å². The predicted octanol–water partition coefficient (Wildman–Crippen LogP) is 3.45. The van der Waals surface area contributed by atoms with E-state index in [2.05, 4.69) is 0 Å². The van der Waals surface area contributed by atoms with Gasteiger partial charge in [-0.1, -0.05) is 24.3 Å². The summed E-state index contributed by atoms with van der Waals surface area (Å²) in [5, 5.41) is 0. The number of amides is 1. The van der Waals surface area contributed by atoms with Crippen LogP contribution in [-0.2, 0) is 11.8 Å². The second-order valence-electron chi connectivity index (χ2n) is 8.35. The zero-order valence-electron chi connectivity index (χ0n) is 17.0. The molecule has 1 aliphatic rings. The summed E-state index contributed by atoms with van der Waals surface area (Å²) in [5.41, 5.74) is 8.72. The third kappa shape index (κ3) is 4.62. The summed E-state index contributed by atoms with van der Waals surface area (Å²) in [5.74, 6) is 0. The van der Waals surface area contributed by atoms with Gasteiger partial charge in [-0.15, -0.1) is 0 Å². The van der Waals surface area contributed by atoms with Crippen LogP contribution in [0.15, 0.2) is 47.4 Å². The molecule has 1 aromatic carbocycles. The van der Waals surface area contributed by atoms with Crippen LogP contribution < -0.4 is 11.3 Å². The van der Waals surface area contributed by atoms with E-state index in [1.165, 1.54) is 0 Å². The van der Waals surface area contributed by atoms with Crippen LogP contribution in [0.1, 0.15) is 45.2 Å². The molecule has 0 aliphatic carbocycles. The molecule has 2 unspecified atom stereocenters. The number of ether oxygens (including phenoxy) is 1. The summed E-state index contributed by atoms with van der Waals surface area (Å²) in [6.07, 6.45) is 2.86. The summed E-state index contributed by atoms with van der Waals surface area (Å²) in [4.78, 5) is 25.8. The summed E-state index contributed by atoms with van der Waals surface area (Å²) in [6, 6.07) is 11.4. The van der Waals surface area contributed by atoms with Gasteiger partial charge in [-0.2, -0.15) is 0 Å². The van der Waals surface area contributed by atoms with Crippen molar-refractivity contribution in [3.63, 3.8) is 0 Å². The van der Waals surface area contributed by atoms with Crippen LogP contribution in [0.2, 0.25) is 0 Å². The van der Waals surface area contributed by atoms with E-state index < -0.39 is 0 Å². The lowest BCUT2D eigenvalue weighted by atomic mass is 9.95. The highest BCUT2D eigenvalue weighted by molar-refractivity contribution is 5.69. The van der Waals surface area contributed by atoms with Crippen molar-refractivity contribution in [3.8, 4) is 11.1 Å². The number of carbonyl (C=O) groups is 1. The molecule has 0 saturated carbocycles. The highest BCUT2D eigenvalue weighted by Crippen LogP contribution is 2.29. The number of rotatable bonds is 5. The summed E-state index contributed by atoms with van der Waals surface area (Å²) < 4.78 is 7.17. The Morgan fingerprint density at radius 2 is 1.79 bits per heavy atom. The molecule has 6 heteroatoms. The topological polar surface area (TPSA) is 77.6 Å². The highest BCUT2D eigenvalue weighted by Gasteiger charge is 2.33. The minimum absolute atomic E-state index is 0.0334. The van der Waals surface area contributed by atoms with Gasteiger partial charge in [0.1, 0.15) is 6.10 Å². The molecule has 2 N–H and O–H groups in total. The number of benzene rings is 1. The molecule has 1 aromatic heterocycles. The second-order valence-corrected chi connectivity index (χ2v) is 8.35. The average molecular weight is 383 g/mol. The third-order valence-electron chi connectivity index (χ3n) is 5.23. The number of hydrogen-bond donors (Lipinski definition) is 1. The van der Waals surface area contributed by atoms with Crippen molar-refractivity contribution in [2.75, 3.05) is 6.54 Å². The Kier molecular flexibility index (Phi) is 5.61. The average Bonchev–Trinajstić information content (AvgIpc) is 2.62. The van der Waals surface area contributed by atoms with Crippen LogP contribution in [0.5, 0.6) is 0 Å². The van der Waals surface area contributed by atoms with Crippen molar-refractivity contribution in [2.24, 2.45) is 12.8 Å². The maximum atomic E-state index is 12.5. The van der Waals surface area contributed by atoms with E-state index in [1.807, 2.05) is 57.3 Å². The molecular weight excluding hydrogens is 354 g/mol. The maximum Gasteiger partial charge on any atom is 0.410 e. The highest BCUT2D eigenvalue weighted by atomic mass is 16.6. The SMILES string of the molecule is CC(c1ccc(-c2ccc(=O)n(C)c2)cc1)N1CCC(CC(C)(C)N)OC1=O. The Bertz CT molecular complexity index is 896. The van der Waals surface area contributed by atoms with Gasteiger partial charge in [-0.3, -0.25) is 4.79 Å². The number of nitrogens with zero attached hydrogens (tertiary/aromatic N) is 2. The van der Waals surface area contributed by atoms with E-state index in [-0.39, 0.29) is 29.3 Å². The van der Waals surface area contributed by atoms with Crippen molar-refractivity contribution >= 4 is 6.09 Å². The lowest BCUT2D eigenvalue weighted by Gasteiger charge is -2.37. The smallest absolute Gasteiger partial charge is 0.410 e. The third-order valence-corrected chi connectivity index (χ3v) is 5.23.